The second kappa shape index (κ2) is 9.60. The fraction of sp³-hybridized carbons (Fsp3) is 0.444. The zero-order valence-electron chi connectivity index (χ0n) is 20.4. The van der Waals surface area contributed by atoms with E-state index in [-0.39, 0.29) is 12.1 Å². The highest BCUT2D eigenvalue weighted by Crippen LogP contribution is 2.35. The normalized spacial score (nSPS) is 16.7. The van der Waals surface area contributed by atoms with E-state index in [0.717, 1.165) is 60.5 Å². The Kier molecular flexibility index (Phi) is 6.36. The number of piperidine rings is 1. The number of aromatic carboxylic acids is 1. The lowest BCUT2D eigenvalue weighted by atomic mass is 9.98. The number of amides is 1. The second-order valence-electron chi connectivity index (χ2n) is 9.60. The summed E-state index contributed by atoms with van der Waals surface area (Å²) in [5.74, 6) is 0.0496. The molecule has 1 aromatic heterocycles. The smallest absolute Gasteiger partial charge is 0.409 e. The standard InChI is InChI=1S/C27H32N4O4/c1-18(15-19-7-6-8-21(16-19)25(32)33)31-23-10-9-20-11-14-30(27(34)35-2)17-22(20)24(23)28-26(31)29-12-4-3-5-13-29/h6-10,16,18H,3-5,11-15,17H2,1-2H3,(H,32,33)/t18-/m0/s1. The van der Waals surface area contributed by atoms with Crippen molar-refractivity contribution in [2.24, 2.45) is 0 Å². The molecule has 1 amide bonds. The molecular weight excluding hydrogens is 444 g/mol. The van der Waals surface area contributed by atoms with Crippen LogP contribution < -0.4 is 4.90 Å². The number of fused-ring (bicyclic) bond motifs is 3. The summed E-state index contributed by atoms with van der Waals surface area (Å²) in [5, 5.41) is 9.42. The molecule has 0 aliphatic carbocycles. The number of carbonyl (C=O) groups is 2. The SMILES string of the molecule is COC(=O)N1CCc2ccc3c(nc(N4CCCCC4)n3[C@@H](C)Cc3cccc(C(=O)O)c3)c2C1. The number of carboxylic acids is 1. The number of ether oxygens (including phenoxy) is 1. The number of benzene rings is 2. The van der Waals surface area contributed by atoms with Crippen LogP contribution in [-0.2, 0) is 24.1 Å². The van der Waals surface area contributed by atoms with Crippen LogP contribution in [-0.4, -0.2) is 58.4 Å². The summed E-state index contributed by atoms with van der Waals surface area (Å²) < 4.78 is 7.29. The second-order valence-corrected chi connectivity index (χ2v) is 9.60. The summed E-state index contributed by atoms with van der Waals surface area (Å²) in [4.78, 5) is 33.0. The van der Waals surface area contributed by atoms with Crippen molar-refractivity contribution in [1.82, 2.24) is 14.5 Å². The van der Waals surface area contributed by atoms with E-state index in [1.165, 1.54) is 19.1 Å². The van der Waals surface area contributed by atoms with Crippen molar-refractivity contribution >= 4 is 29.0 Å². The van der Waals surface area contributed by atoms with E-state index in [1.54, 1.807) is 23.1 Å². The molecule has 8 nitrogen and oxygen atoms in total. The van der Waals surface area contributed by atoms with Crippen molar-refractivity contribution in [3.63, 3.8) is 0 Å². The first-order valence-corrected chi connectivity index (χ1v) is 12.4. The summed E-state index contributed by atoms with van der Waals surface area (Å²) >= 11 is 0. The molecule has 5 rings (SSSR count). The largest absolute Gasteiger partial charge is 0.478 e. The van der Waals surface area contributed by atoms with Gasteiger partial charge in [-0.3, -0.25) is 0 Å². The third-order valence-corrected chi connectivity index (χ3v) is 7.26. The van der Waals surface area contributed by atoms with Gasteiger partial charge in [0.25, 0.3) is 0 Å². The van der Waals surface area contributed by atoms with Crippen LogP contribution in [0, 0.1) is 0 Å². The fourth-order valence-electron chi connectivity index (χ4n) is 5.48. The van der Waals surface area contributed by atoms with Crippen LogP contribution in [0.1, 0.15) is 59.3 Å². The first kappa shape index (κ1) is 23.2. The molecule has 1 N–H and O–H groups in total. The van der Waals surface area contributed by atoms with Gasteiger partial charge in [-0.1, -0.05) is 18.2 Å². The Morgan fingerprint density at radius 1 is 1.11 bits per heavy atom. The molecule has 0 spiro atoms. The van der Waals surface area contributed by atoms with E-state index in [4.69, 9.17) is 9.72 Å². The van der Waals surface area contributed by atoms with Crippen LogP contribution in [0.5, 0.6) is 0 Å². The molecule has 35 heavy (non-hydrogen) atoms. The van der Waals surface area contributed by atoms with Crippen LogP contribution in [0.25, 0.3) is 11.0 Å². The van der Waals surface area contributed by atoms with Gasteiger partial charge in [-0.05, 0) is 68.4 Å². The minimum absolute atomic E-state index is 0.0688. The lowest BCUT2D eigenvalue weighted by Gasteiger charge is -2.30. The van der Waals surface area contributed by atoms with E-state index in [9.17, 15) is 14.7 Å². The third kappa shape index (κ3) is 4.45. The van der Waals surface area contributed by atoms with Gasteiger partial charge >= 0.3 is 12.1 Å². The van der Waals surface area contributed by atoms with Gasteiger partial charge in [-0.15, -0.1) is 0 Å². The molecule has 3 heterocycles. The number of methoxy groups -OCH3 is 1. The van der Waals surface area contributed by atoms with Crippen molar-refractivity contribution in [1.29, 1.82) is 0 Å². The maximum Gasteiger partial charge on any atom is 0.409 e. The van der Waals surface area contributed by atoms with Crippen molar-refractivity contribution in [3.8, 4) is 0 Å². The van der Waals surface area contributed by atoms with Crippen LogP contribution in [0.2, 0.25) is 0 Å². The highest BCUT2D eigenvalue weighted by atomic mass is 16.5. The molecule has 2 aromatic carbocycles. The summed E-state index contributed by atoms with van der Waals surface area (Å²) in [6.07, 6.45) is 4.69. The number of nitrogens with zero attached hydrogens (tertiary/aromatic N) is 4. The molecule has 2 aliphatic rings. The van der Waals surface area contributed by atoms with E-state index in [1.807, 2.05) is 6.07 Å². The van der Waals surface area contributed by atoms with Crippen LogP contribution in [0.4, 0.5) is 10.7 Å². The lowest BCUT2D eigenvalue weighted by Crippen LogP contribution is -2.35. The molecule has 2 aliphatic heterocycles. The molecule has 3 aromatic rings. The summed E-state index contributed by atoms with van der Waals surface area (Å²) in [6.45, 7) is 5.25. The van der Waals surface area contributed by atoms with E-state index in [0.29, 0.717) is 25.1 Å². The fourth-order valence-corrected chi connectivity index (χ4v) is 5.48. The molecule has 0 saturated carbocycles. The van der Waals surface area contributed by atoms with Gasteiger partial charge in [0, 0.05) is 31.2 Å². The molecule has 0 radical (unpaired) electrons. The molecule has 1 saturated heterocycles. The number of hydrogen-bond donors (Lipinski definition) is 1. The predicted molar refractivity (Wildman–Crippen MR) is 134 cm³/mol. The molecule has 1 atom stereocenters. The highest BCUT2D eigenvalue weighted by Gasteiger charge is 2.28. The van der Waals surface area contributed by atoms with Gasteiger partial charge in [0.15, 0.2) is 0 Å². The molecule has 0 unspecified atom stereocenters. The quantitative estimate of drug-likeness (QED) is 0.577. The average Bonchev–Trinajstić information content (AvgIpc) is 3.29. The lowest BCUT2D eigenvalue weighted by molar-refractivity contribution is 0.0696. The first-order chi connectivity index (χ1) is 17.0. The number of carboxylic acid groups (broad SMARTS) is 1. The van der Waals surface area contributed by atoms with Crippen molar-refractivity contribution < 1.29 is 19.4 Å². The Morgan fingerprint density at radius 2 is 1.91 bits per heavy atom. The minimum Gasteiger partial charge on any atom is -0.478 e. The van der Waals surface area contributed by atoms with Gasteiger partial charge in [0.05, 0.1) is 30.3 Å². The summed E-state index contributed by atoms with van der Waals surface area (Å²) in [5.41, 5.74) is 5.61. The average molecular weight is 477 g/mol. The Labute approximate surface area is 205 Å². The number of imidazole rings is 1. The third-order valence-electron chi connectivity index (χ3n) is 7.26. The van der Waals surface area contributed by atoms with Crippen LogP contribution in [0.3, 0.4) is 0 Å². The van der Waals surface area contributed by atoms with E-state index in [2.05, 4.69) is 28.5 Å². The van der Waals surface area contributed by atoms with Gasteiger partial charge in [-0.25, -0.2) is 14.6 Å². The molecule has 0 bridgehead atoms. The Morgan fingerprint density at radius 3 is 2.66 bits per heavy atom. The predicted octanol–water partition coefficient (Wildman–Crippen LogP) is 4.65. The van der Waals surface area contributed by atoms with Gasteiger partial charge < -0.3 is 24.2 Å². The summed E-state index contributed by atoms with van der Waals surface area (Å²) in [6, 6.07) is 11.6. The Hall–Kier alpha value is -3.55. The maximum absolute atomic E-state index is 12.2. The van der Waals surface area contributed by atoms with Crippen molar-refractivity contribution in [3.05, 3.63) is 58.7 Å². The maximum atomic E-state index is 12.2. The molecule has 184 valence electrons. The topological polar surface area (TPSA) is 87.9 Å². The molecule has 8 heteroatoms. The van der Waals surface area contributed by atoms with Gasteiger partial charge in [0.1, 0.15) is 0 Å². The van der Waals surface area contributed by atoms with Crippen molar-refractivity contribution in [2.75, 3.05) is 31.6 Å². The zero-order valence-corrected chi connectivity index (χ0v) is 20.4. The number of carbonyl (C=O) groups excluding carboxylic acids is 1. The Bertz CT molecular complexity index is 1260. The van der Waals surface area contributed by atoms with Crippen molar-refractivity contribution in [2.45, 2.75) is 51.6 Å². The van der Waals surface area contributed by atoms with E-state index >= 15 is 0 Å². The highest BCUT2D eigenvalue weighted by molar-refractivity contribution is 5.88. The van der Waals surface area contributed by atoms with Gasteiger partial charge in [0.2, 0.25) is 5.95 Å². The molecule has 1 fully saturated rings. The zero-order chi connectivity index (χ0) is 24.5. The van der Waals surface area contributed by atoms with Crippen LogP contribution in [0.15, 0.2) is 36.4 Å². The minimum atomic E-state index is -0.914. The number of rotatable bonds is 5. The summed E-state index contributed by atoms with van der Waals surface area (Å²) in [7, 11) is 1.42. The van der Waals surface area contributed by atoms with E-state index < -0.39 is 5.97 Å². The molecular formula is C27H32N4O4. The monoisotopic (exact) mass is 476 g/mol. The number of hydrogen-bond acceptors (Lipinski definition) is 5. The number of anilines is 1. The first-order valence-electron chi connectivity index (χ1n) is 12.4. The van der Waals surface area contributed by atoms with Crippen LogP contribution >= 0.6 is 0 Å². The van der Waals surface area contributed by atoms with Gasteiger partial charge in [-0.2, -0.15) is 0 Å². The number of aromatic nitrogens is 2. The Balaban J connectivity index is 1.58.